The van der Waals surface area contributed by atoms with Crippen LogP contribution < -0.4 is 0 Å². The molecular formula is C23H31N7O2. The van der Waals surface area contributed by atoms with Crippen molar-refractivity contribution in [2.24, 2.45) is 5.41 Å². The molecule has 2 aliphatic heterocycles. The number of aliphatic hydroxyl groups is 1. The van der Waals surface area contributed by atoms with Crippen LogP contribution in [0.2, 0.25) is 0 Å². The molecule has 0 saturated carbocycles. The fourth-order valence-corrected chi connectivity index (χ4v) is 5.46. The number of likely N-dealkylation sites (tertiary alicyclic amines) is 2. The van der Waals surface area contributed by atoms with Gasteiger partial charge >= 0.3 is 0 Å². The van der Waals surface area contributed by atoms with Crippen molar-refractivity contribution >= 4 is 5.78 Å². The highest BCUT2D eigenvalue weighted by atomic mass is 16.3. The third-order valence-corrected chi connectivity index (χ3v) is 7.59. The van der Waals surface area contributed by atoms with E-state index in [4.69, 9.17) is 0 Å². The lowest BCUT2D eigenvalue weighted by Crippen LogP contribution is -2.47. The molecule has 170 valence electrons. The number of carbonyl (C=O) groups excluding carboxylic acids is 1. The van der Waals surface area contributed by atoms with Gasteiger partial charge in [0.25, 0.3) is 0 Å². The topological polar surface area (TPSA) is 100 Å². The number of aromatic nitrogens is 5. The summed E-state index contributed by atoms with van der Waals surface area (Å²) in [6.07, 6.45) is 9.18. The zero-order chi connectivity index (χ0) is 22.1. The number of nitrogens with zero attached hydrogens (tertiary/aromatic N) is 7. The lowest BCUT2D eigenvalue weighted by Gasteiger charge is -2.48. The van der Waals surface area contributed by atoms with Crippen molar-refractivity contribution in [3.63, 3.8) is 0 Å². The van der Waals surface area contributed by atoms with Crippen molar-refractivity contribution in [3.8, 4) is 5.82 Å². The first-order chi connectivity index (χ1) is 15.5. The van der Waals surface area contributed by atoms with Crippen LogP contribution in [0.15, 0.2) is 30.2 Å². The van der Waals surface area contributed by atoms with Crippen LogP contribution >= 0.6 is 0 Å². The van der Waals surface area contributed by atoms with Gasteiger partial charge in [-0.25, -0.2) is 4.98 Å². The molecule has 2 fully saturated rings. The van der Waals surface area contributed by atoms with E-state index >= 15 is 0 Å². The van der Waals surface area contributed by atoms with Gasteiger partial charge in [-0.1, -0.05) is 6.07 Å². The van der Waals surface area contributed by atoms with Crippen LogP contribution in [0, 0.1) is 12.3 Å². The number of hydrogen-bond acceptors (Lipinski definition) is 8. The van der Waals surface area contributed by atoms with E-state index in [1.807, 2.05) is 25.1 Å². The number of aryl methyl sites for hydroxylation is 1. The number of hydrogen-bond donors (Lipinski definition) is 1. The first-order valence-corrected chi connectivity index (χ1v) is 11.6. The molecule has 0 radical (unpaired) electrons. The van der Waals surface area contributed by atoms with Gasteiger partial charge in [0.05, 0.1) is 6.10 Å². The molecule has 9 heteroatoms. The molecule has 2 saturated heterocycles. The molecule has 1 spiro atoms. The van der Waals surface area contributed by atoms with E-state index in [1.165, 1.54) is 42.4 Å². The summed E-state index contributed by atoms with van der Waals surface area (Å²) in [6.45, 7) is 6.73. The van der Waals surface area contributed by atoms with Gasteiger partial charge in [-0.15, -0.1) is 5.10 Å². The summed E-state index contributed by atoms with van der Waals surface area (Å²) in [7, 11) is 0. The fourth-order valence-electron chi connectivity index (χ4n) is 5.46. The Morgan fingerprint density at radius 3 is 2.47 bits per heavy atom. The van der Waals surface area contributed by atoms with Gasteiger partial charge in [0.1, 0.15) is 6.33 Å². The summed E-state index contributed by atoms with van der Waals surface area (Å²) in [4.78, 5) is 20.9. The van der Waals surface area contributed by atoms with Crippen LogP contribution in [0.4, 0.5) is 0 Å². The van der Waals surface area contributed by atoms with Gasteiger partial charge in [0.2, 0.25) is 0 Å². The van der Waals surface area contributed by atoms with Crippen molar-refractivity contribution < 1.29 is 9.90 Å². The summed E-state index contributed by atoms with van der Waals surface area (Å²) in [5, 5.41) is 22.0. The number of rotatable bonds is 5. The molecular weight excluding hydrogens is 406 g/mol. The number of aliphatic hydroxyl groups excluding tert-OH is 1. The third kappa shape index (κ3) is 4.31. The predicted octanol–water partition coefficient (Wildman–Crippen LogP) is 1.82. The highest BCUT2D eigenvalue weighted by molar-refractivity contribution is 5.92. The quantitative estimate of drug-likeness (QED) is 0.756. The van der Waals surface area contributed by atoms with Gasteiger partial charge in [0, 0.05) is 49.1 Å². The van der Waals surface area contributed by atoms with Gasteiger partial charge < -0.3 is 14.9 Å². The van der Waals surface area contributed by atoms with Crippen molar-refractivity contribution in [1.82, 2.24) is 35.0 Å². The van der Waals surface area contributed by atoms with Gasteiger partial charge in [-0.2, -0.15) is 4.68 Å². The minimum atomic E-state index is -0.562. The molecule has 9 nitrogen and oxygen atoms in total. The normalized spacial score (nSPS) is 22.4. The number of allylic oxidation sites excluding steroid dienone is 2. The Bertz CT molecular complexity index is 986. The lowest BCUT2D eigenvalue weighted by molar-refractivity contribution is -0.114. The summed E-state index contributed by atoms with van der Waals surface area (Å²) >= 11 is 0. The minimum absolute atomic E-state index is 0.280. The maximum Gasteiger partial charge on any atom is 0.157 e. The van der Waals surface area contributed by atoms with E-state index in [-0.39, 0.29) is 5.78 Å². The summed E-state index contributed by atoms with van der Waals surface area (Å²) in [5.41, 5.74) is 3.33. The van der Waals surface area contributed by atoms with E-state index in [1.54, 1.807) is 0 Å². The van der Waals surface area contributed by atoms with Crippen molar-refractivity contribution in [2.75, 3.05) is 32.7 Å². The monoisotopic (exact) mass is 437 g/mol. The van der Waals surface area contributed by atoms with E-state index in [2.05, 4.69) is 30.3 Å². The van der Waals surface area contributed by atoms with Crippen molar-refractivity contribution in [3.05, 3.63) is 41.5 Å². The van der Waals surface area contributed by atoms with E-state index in [0.717, 1.165) is 43.9 Å². The van der Waals surface area contributed by atoms with E-state index in [9.17, 15) is 9.90 Å². The van der Waals surface area contributed by atoms with Crippen LogP contribution in [0.3, 0.4) is 0 Å². The average molecular weight is 438 g/mol. The molecule has 0 aromatic carbocycles. The standard InChI is InChI=1S/C23H31N7O2/c1-17-20(4-5-22(25-17)30-16-24-26-27-30)21(32)15-28-10-6-23(7-11-28)8-12-29(13-9-23)18-2-3-19(31)14-18/h4-5,14,16,21,32H,2-3,6-13,15H2,1H3/t21-/m1/s1. The molecule has 2 aromatic heterocycles. The molecule has 4 heterocycles. The number of carbonyl (C=O) groups is 1. The Morgan fingerprint density at radius 1 is 1.09 bits per heavy atom. The van der Waals surface area contributed by atoms with Crippen LogP contribution in [0.1, 0.15) is 55.9 Å². The number of tetrazole rings is 1. The number of piperidine rings is 2. The lowest BCUT2D eigenvalue weighted by atomic mass is 9.71. The molecule has 0 unspecified atom stereocenters. The van der Waals surface area contributed by atoms with Crippen molar-refractivity contribution in [1.29, 1.82) is 0 Å². The fraction of sp³-hybridized carbons (Fsp3) is 0.609. The summed E-state index contributed by atoms with van der Waals surface area (Å²) in [5.74, 6) is 0.926. The van der Waals surface area contributed by atoms with Crippen molar-refractivity contribution in [2.45, 2.75) is 51.6 Å². The molecule has 0 amide bonds. The maximum absolute atomic E-state index is 11.6. The molecule has 32 heavy (non-hydrogen) atoms. The van der Waals surface area contributed by atoms with Crippen LogP contribution in [-0.2, 0) is 4.79 Å². The van der Waals surface area contributed by atoms with Crippen LogP contribution in [-0.4, -0.2) is 78.6 Å². The summed E-state index contributed by atoms with van der Waals surface area (Å²) < 4.78 is 1.51. The maximum atomic E-state index is 11.6. The zero-order valence-corrected chi connectivity index (χ0v) is 18.7. The molecule has 1 aliphatic carbocycles. The first kappa shape index (κ1) is 21.2. The number of pyridine rings is 1. The largest absolute Gasteiger partial charge is 0.387 e. The zero-order valence-electron chi connectivity index (χ0n) is 18.7. The first-order valence-electron chi connectivity index (χ1n) is 11.6. The van der Waals surface area contributed by atoms with Gasteiger partial charge in [-0.05, 0) is 74.0 Å². The van der Waals surface area contributed by atoms with E-state index < -0.39 is 6.10 Å². The number of β-amino-alcohol motifs (C(OH)–C–C–N with tert-alkyl or cyclic N) is 1. The molecule has 5 rings (SSSR count). The molecule has 1 N–H and O–H groups in total. The highest BCUT2D eigenvalue weighted by Crippen LogP contribution is 2.42. The SMILES string of the molecule is Cc1nc(-n2cnnn2)ccc1[C@H](O)CN1CCC2(CC1)CCN(C1=CC(=O)CC1)CC2. The Labute approximate surface area is 188 Å². The Hall–Kier alpha value is -2.65. The summed E-state index contributed by atoms with van der Waals surface area (Å²) in [6, 6.07) is 3.77. The Kier molecular flexibility index (Phi) is 5.77. The second-order valence-electron chi connectivity index (χ2n) is 9.50. The predicted molar refractivity (Wildman–Crippen MR) is 118 cm³/mol. The number of ketones is 1. The Balaban J connectivity index is 1.14. The third-order valence-electron chi connectivity index (χ3n) is 7.59. The Morgan fingerprint density at radius 2 is 1.84 bits per heavy atom. The highest BCUT2D eigenvalue weighted by Gasteiger charge is 2.38. The molecule has 2 aromatic rings. The molecule has 3 aliphatic rings. The molecule has 0 bridgehead atoms. The second kappa shape index (κ2) is 8.71. The molecule has 1 atom stereocenters. The van der Waals surface area contributed by atoms with Crippen LogP contribution in [0.25, 0.3) is 5.82 Å². The second-order valence-corrected chi connectivity index (χ2v) is 9.50. The average Bonchev–Trinajstić information content (AvgIpc) is 3.48. The van der Waals surface area contributed by atoms with Crippen LogP contribution in [0.5, 0.6) is 0 Å². The van der Waals surface area contributed by atoms with Gasteiger partial charge in [0.15, 0.2) is 11.6 Å². The minimum Gasteiger partial charge on any atom is -0.387 e. The van der Waals surface area contributed by atoms with E-state index in [0.29, 0.717) is 24.2 Å². The smallest absolute Gasteiger partial charge is 0.157 e. The van der Waals surface area contributed by atoms with Gasteiger partial charge in [-0.3, -0.25) is 4.79 Å².